The van der Waals surface area contributed by atoms with Crippen molar-refractivity contribution in [2.24, 2.45) is 0 Å². The number of nitrogens with zero attached hydrogens (tertiary/aromatic N) is 1. The number of carbonyl (C=O) groups excluding carboxylic acids is 1. The fourth-order valence-electron chi connectivity index (χ4n) is 4.20. The van der Waals surface area contributed by atoms with Gasteiger partial charge >= 0.3 is 0 Å². The molecule has 4 rings (SSSR count). The highest BCUT2D eigenvalue weighted by Crippen LogP contribution is 2.29. The lowest BCUT2D eigenvalue weighted by atomic mass is 9.94. The average molecular weight is 483 g/mol. The zero-order valence-electron chi connectivity index (χ0n) is 18.5. The maximum Gasteiger partial charge on any atom is 0.252 e. The van der Waals surface area contributed by atoms with Gasteiger partial charge < -0.3 is 5.32 Å². The van der Waals surface area contributed by atoms with Crippen LogP contribution in [-0.2, 0) is 10.0 Å². The third-order valence-electron chi connectivity index (χ3n) is 6.03. The average Bonchev–Trinajstić information content (AvgIpc) is 2.84. The minimum Gasteiger partial charge on any atom is -0.341 e. The maximum absolute atomic E-state index is 13.3. The molecule has 1 heterocycles. The first-order valence-corrected chi connectivity index (χ1v) is 12.9. The fourth-order valence-corrected chi connectivity index (χ4v) is 6.22. The SMILES string of the molecule is Cc1ccccc1[C@H](NC(=O)c1ccc(Cl)c(S(=O)(=O)N2CCCCC2)c1)c1ccccc1. The fraction of sp³-hybridized carbons (Fsp3) is 0.269. The first-order chi connectivity index (χ1) is 15.9. The van der Waals surface area contributed by atoms with Crippen molar-refractivity contribution in [3.8, 4) is 0 Å². The van der Waals surface area contributed by atoms with Crippen LogP contribution < -0.4 is 5.32 Å². The molecule has 0 saturated carbocycles. The molecule has 1 aliphatic rings. The Morgan fingerprint density at radius 3 is 2.30 bits per heavy atom. The number of carbonyl (C=O) groups is 1. The molecule has 172 valence electrons. The largest absolute Gasteiger partial charge is 0.341 e. The number of hydrogen-bond donors (Lipinski definition) is 1. The molecule has 0 unspecified atom stereocenters. The lowest BCUT2D eigenvalue weighted by Gasteiger charge is -2.26. The van der Waals surface area contributed by atoms with E-state index in [9.17, 15) is 13.2 Å². The maximum atomic E-state index is 13.3. The summed E-state index contributed by atoms with van der Waals surface area (Å²) in [5.41, 5.74) is 3.23. The third kappa shape index (κ3) is 5.13. The van der Waals surface area contributed by atoms with E-state index < -0.39 is 10.0 Å². The number of nitrogens with one attached hydrogen (secondary N) is 1. The Kier molecular flexibility index (Phi) is 7.17. The highest BCUT2D eigenvalue weighted by molar-refractivity contribution is 7.89. The molecule has 7 heteroatoms. The molecule has 0 aromatic heterocycles. The van der Waals surface area contributed by atoms with E-state index in [1.165, 1.54) is 16.4 Å². The highest BCUT2D eigenvalue weighted by atomic mass is 35.5. The molecule has 1 aliphatic heterocycles. The van der Waals surface area contributed by atoms with E-state index in [2.05, 4.69) is 5.32 Å². The zero-order chi connectivity index (χ0) is 23.4. The van der Waals surface area contributed by atoms with E-state index in [4.69, 9.17) is 11.6 Å². The molecule has 1 N–H and O–H groups in total. The second-order valence-corrected chi connectivity index (χ2v) is 10.6. The summed E-state index contributed by atoms with van der Waals surface area (Å²) in [7, 11) is -3.77. The number of amides is 1. The van der Waals surface area contributed by atoms with Gasteiger partial charge in [0.25, 0.3) is 5.91 Å². The lowest BCUT2D eigenvalue weighted by molar-refractivity contribution is 0.0942. The van der Waals surface area contributed by atoms with Crippen LogP contribution in [0.5, 0.6) is 0 Å². The molecule has 1 atom stereocenters. The minimum absolute atomic E-state index is 0.0223. The van der Waals surface area contributed by atoms with E-state index in [0.29, 0.717) is 13.1 Å². The summed E-state index contributed by atoms with van der Waals surface area (Å²) >= 11 is 6.29. The zero-order valence-corrected chi connectivity index (χ0v) is 20.1. The van der Waals surface area contributed by atoms with Crippen molar-refractivity contribution in [1.82, 2.24) is 9.62 Å². The summed E-state index contributed by atoms with van der Waals surface area (Å²) in [4.78, 5) is 13.3. The van der Waals surface area contributed by atoms with E-state index in [1.807, 2.05) is 61.5 Å². The minimum atomic E-state index is -3.77. The van der Waals surface area contributed by atoms with Crippen LogP contribution in [0.1, 0.15) is 52.4 Å². The summed E-state index contributed by atoms with van der Waals surface area (Å²) < 4.78 is 27.9. The van der Waals surface area contributed by atoms with Crippen LogP contribution in [0.4, 0.5) is 0 Å². The summed E-state index contributed by atoms with van der Waals surface area (Å²) in [5.74, 6) is -0.362. The van der Waals surface area contributed by atoms with Gasteiger partial charge in [-0.05, 0) is 54.7 Å². The molecule has 3 aromatic rings. The molecule has 0 spiro atoms. The first kappa shape index (κ1) is 23.5. The predicted molar refractivity (Wildman–Crippen MR) is 131 cm³/mol. The van der Waals surface area contributed by atoms with Crippen LogP contribution in [0.3, 0.4) is 0 Å². The second-order valence-electron chi connectivity index (χ2n) is 8.28. The Morgan fingerprint density at radius 2 is 1.61 bits per heavy atom. The quantitative estimate of drug-likeness (QED) is 0.515. The Labute approximate surface area is 200 Å². The van der Waals surface area contributed by atoms with Gasteiger partial charge in [-0.2, -0.15) is 4.31 Å². The molecule has 1 amide bonds. The van der Waals surface area contributed by atoms with E-state index in [0.717, 1.165) is 36.0 Å². The smallest absolute Gasteiger partial charge is 0.252 e. The molecule has 33 heavy (non-hydrogen) atoms. The summed E-state index contributed by atoms with van der Waals surface area (Å²) in [6.07, 6.45) is 2.67. The van der Waals surface area contributed by atoms with Gasteiger partial charge in [0, 0.05) is 18.7 Å². The molecular formula is C26H27ClN2O3S. The summed E-state index contributed by atoms with van der Waals surface area (Å²) in [6, 6.07) is 21.7. The van der Waals surface area contributed by atoms with Crippen molar-refractivity contribution >= 4 is 27.5 Å². The number of rotatable bonds is 6. The van der Waals surface area contributed by atoms with Gasteiger partial charge in [-0.25, -0.2) is 8.42 Å². The van der Waals surface area contributed by atoms with Crippen LogP contribution in [0, 0.1) is 6.92 Å². The molecule has 1 fully saturated rings. The lowest BCUT2D eigenvalue weighted by Crippen LogP contribution is -2.36. The summed E-state index contributed by atoms with van der Waals surface area (Å²) in [6.45, 7) is 2.94. The van der Waals surface area contributed by atoms with Crippen molar-refractivity contribution in [3.05, 3.63) is 100 Å². The Morgan fingerprint density at radius 1 is 0.939 bits per heavy atom. The standard InChI is InChI=1S/C26H27ClN2O3S/c1-19-10-6-7-13-22(19)25(20-11-4-2-5-12-20)28-26(30)21-14-15-23(27)24(18-21)33(31,32)29-16-8-3-9-17-29/h2,4-7,10-15,18,25H,3,8-9,16-17H2,1H3,(H,28,30)/t25-/m1/s1. The van der Waals surface area contributed by atoms with Crippen LogP contribution >= 0.6 is 11.6 Å². The molecule has 0 bridgehead atoms. The molecule has 5 nitrogen and oxygen atoms in total. The first-order valence-electron chi connectivity index (χ1n) is 11.1. The van der Waals surface area contributed by atoms with Gasteiger partial charge in [0.15, 0.2) is 0 Å². The van der Waals surface area contributed by atoms with Crippen molar-refractivity contribution in [2.45, 2.75) is 37.1 Å². The van der Waals surface area contributed by atoms with Crippen LogP contribution in [0.2, 0.25) is 5.02 Å². The van der Waals surface area contributed by atoms with Gasteiger partial charge in [0.05, 0.1) is 11.1 Å². The van der Waals surface area contributed by atoms with E-state index in [-0.39, 0.29) is 27.4 Å². The molecular weight excluding hydrogens is 456 g/mol. The van der Waals surface area contributed by atoms with Crippen LogP contribution in [0.15, 0.2) is 77.7 Å². The van der Waals surface area contributed by atoms with Crippen molar-refractivity contribution in [1.29, 1.82) is 0 Å². The van der Waals surface area contributed by atoms with Gasteiger partial charge in [-0.3, -0.25) is 4.79 Å². The van der Waals surface area contributed by atoms with Gasteiger partial charge in [-0.15, -0.1) is 0 Å². The Balaban J connectivity index is 1.67. The van der Waals surface area contributed by atoms with Crippen molar-refractivity contribution < 1.29 is 13.2 Å². The Hall–Kier alpha value is -2.67. The van der Waals surface area contributed by atoms with E-state index in [1.54, 1.807) is 6.07 Å². The number of piperidine rings is 1. The van der Waals surface area contributed by atoms with Gasteiger partial charge in [-0.1, -0.05) is 72.6 Å². The predicted octanol–water partition coefficient (Wildman–Crippen LogP) is 5.34. The summed E-state index contributed by atoms with van der Waals surface area (Å²) in [5, 5.41) is 3.21. The molecule has 1 saturated heterocycles. The number of halogens is 1. The number of aryl methyl sites for hydroxylation is 1. The number of benzene rings is 3. The van der Waals surface area contributed by atoms with Gasteiger partial charge in [0.1, 0.15) is 4.90 Å². The van der Waals surface area contributed by atoms with Gasteiger partial charge in [0.2, 0.25) is 10.0 Å². The second kappa shape index (κ2) is 10.1. The number of sulfonamides is 1. The van der Waals surface area contributed by atoms with Crippen LogP contribution in [-0.4, -0.2) is 31.7 Å². The normalized spacial score (nSPS) is 15.7. The topological polar surface area (TPSA) is 66.5 Å². The molecule has 3 aromatic carbocycles. The number of hydrogen-bond acceptors (Lipinski definition) is 3. The van der Waals surface area contributed by atoms with E-state index >= 15 is 0 Å². The Bertz CT molecular complexity index is 1240. The third-order valence-corrected chi connectivity index (χ3v) is 8.41. The molecule has 0 radical (unpaired) electrons. The monoisotopic (exact) mass is 482 g/mol. The van der Waals surface area contributed by atoms with Crippen molar-refractivity contribution in [3.63, 3.8) is 0 Å². The van der Waals surface area contributed by atoms with Crippen LogP contribution in [0.25, 0.3) is 0 Å². The highest BCUT2D eigenvalue weighted by Gasteiger charge is 2.29. The molecule has 0 aliphatic carbocycles. The van der Waals surface area contributed by atoms with Crippen molar-refractivity contribution in [2.75, 3.05) is 13.1 Å².